The molecule has 3 rings (SSSR count). The third kappa shape index (κ3) is 1.81. The second-order valence-electron chi connectivity index (χ2n) is 4.32. The Labute approximate surface area is 114 Å². The number of nitrogens with one attached hydrogen (secondary N) is 1. The number of rotatable bonds is 1. The van der Waals surface area contributed by atoms with Gasteiger partial charge in [0.25, 0.3) is 5.91 Å². The van der Waals surface area contributed by atoms with Crippen molar-refractivity contribution in [3.8, 4) is 6.07 Å². The summed E-state index contributed by atoms with van der Waals surface area (Å²) in [5.41, 5.74) is 1.73. The number of hydrogen-bond acceptors (Lipinski definition) is 4. The van der Waals surface area contributed by atoms with Gasteiger partial charge in [-0.05, 0) is 16.5 Å². The standard InChI is InChI=1S/C14H10N2O2S/c15-6-9-12(17)11-10(8-4-2-1-3-5-8)7-19-14(11)16-13(9)18/h1-5,7,11,14,17H,(H,16,18). The first-order valence-corrected chi connectivity index (χ1v) is 6.71. The molecule has 1 aromatic rings. The molecular weight excluding hydrogens is 260 g/mol. The van der Waals surface area contributed by atoms with Crippen molar-refractivity contribution in [3.63, 3.8) is 0 Å². The highest BCUT2D eigenvalue weighted by Gasteiger charge is 2.42. The normalized spacial score (nSPS) is 25.4. The molecule has 0 fully saturated rings. The average Bonchev–Trinajstić information content (AvgIpc) is 2.84. The third-order valence-corrected chi connectivity index (χ3v) is 4.32. The number of amides is 1. The Kier molecular flexibility index (Phi) is 2.80. The van der Waals surface area contributed by atoms with Gasteiger partial charge in [-0.2, -0.15) is 5.26 Å². The van der Waals surface area contributed by atoms with Crippen LogP contribution in [-0.4, -0.2) is 16.4 Å². The van der Waals surface area contributed by atoms with Gasteiger partial charge in [0.1, 0.15) is 11.8 Å². The predicted octanol–water partition coefficient (Wildman–Crippen LogP) is 2.18. The van der Waals surface area contributed by atoms with Crippen LogP contribution in [0.2, 0.25) is 0 Å². The number of aliphatic hydroxyl groups excluding tert-OH is 1. The van der Waals surface area contributed by atoms with E-state index in [4.69, 9.17) is 5.26 Å². The summed E-state index contributed by atoms with van der Waals surface area (Å²) in [5, 5.41) is 23.6. The maximum atomic E-state index is 11.6. The zero-order valence-electron chi connectivity index (χ0n) is 9.83. The minimum atomic E-state index is -0.503. The summed E-state index contributed by atoms with van der Waals surface area (Å²) >= 11 is 1.45. The van der Waals surface area contributed by atoms with Gasteiger partial charge in [0.05, 0.1) is 11.3 Å². The van der Waals surface area contributed by atoms with Gasteiger partial charge >= 0.3 is 0 Å². The maximum Gasteiger partial charge on any atom is 0.266 e. The molecule has 1 aromatic carbocycles. The number of hydrogen-bond donors (Lipinski definition) is 2. The molecule has 0 aromatic heterocycles. The molecule has 0 radical (unpaired) electrons. The monoisotopic (exact) mass is 270 g/mol. The van der Waals surface area contributed by atoms with Gasteiger partial charge in [-0.25, -0.2) is 0 Å². The molecule has 0 saturated heterocycles. The van der Waals surface area contributed by atoms with E-state index in [0.717, 1.165) is 11.1 Å². The summed E-state index contributed by atoms with van der Waals surface area (Å²) in [4.78, 5) is 11.6. The number of fused-ring (bicyclic) bond motifs is 1. The number of benzene rings is 1. The summed E-state index contributed by atoms with van der Waals surface area (Å²) in [6.07, 6.45) is 0. The van der Waals surface area contributed by atoms with Crippen molar-refractivity contribution in [3.05, 3.63) is 52.6 Å². The number of nitriles is 1. The van der Waals surface area contributed by atoms with Crippen LogP contribution in [0.4, 0.5) is 0 Å². The number of aliphatic hydroxyl groups is 1. The van der Waals surface area contributed by atoms with Gasteiger partial charge in [0.2, 0.25) is 0 Å². The van der Waals surface area contributed by atoms with E-state index >= 15 is 0 Å². The van der Waals surface area contributed by atoms with Crippen molar-refractivity contribution in [2.45, 2.75) is 5.37 Å². The second-order valence-corrected chi connectivity index (χ2v) is 5.33. The summed E-state index contributed by atoms with van der Waals surface area (Å²) in [6.45, 7) is 0. The molecule has 4 nitrogen and oxygen atoms in total. The van der Waals surface area contributed by atoms with Crippen LogP contribution < -0.4 is 5.32 Å². The summed E-state index contributed by atoms with van der Waals surface area (Å²) in [6, 6.07) is 11.4. The summed E-state index contributed by atoms with van der Waals surface area (Å²) < 4.78 is 0. The number of nitrogens with zero attached hydrogens (tertiary/aromatic N) is 1. The Hall–Kier alpha value is -2.19. The Morgan fingerprint density at radius 2 is 2.05 bits per heavy atom. The fourth-order valence-corrected chi connectivity index (χ4v) is 3.51. The SMILES string of the molecule is N#CC1=C(O)C2C(c3ccccc3)=CSC2NC1=O. The van der Waals surface area contributed by atoms with Crippen molar-refractivity contribution >= 4 is 23.2 Å². The van der Waals surface area contributed by atoms with Crippen molar-refractivity contribution in [2.75, 3.05) is 0 Å². The molecule has 19 heavy (non-hydrogen) atoms. The highest BCUT2D eigenvalue weighted by Crippen LogP contribution is 2.45. The Morgan fingerprint density at radius 1 is 1.32 bits per heavy atom. The van der Waals surface area contributed by atoms with Crippen molar-refractivity contribution in [2.24, 2.45) is 5.92 Å². The fraction of sp³-hybridized carbons (Fsp3) is 0.143. The molecule has 2 N–H and O–H groups in total. The van der Waals surface area contributed by atoms with Crippen LogP contribution in [-0.2, 0) is 4.79 Å². The zero-order chi connectivity index (χ0) is 13.4. The lowest BCUT2D eigenvalue weighted by atomic mass is 9.88. The van der Waals surface area contributed by atoms with Crippen LogP contribution in [0.25, 0.3) is 5.57 Å². The molecule has 0 spiro atoms. The topological polar surface area (TPSA) is 73.1 Å². The van der Waals surface area contributed by atoms with Crippen LogP contribution in [0.1, 0.15) is 5.56 Å². The third-order valence-electron chi connectivity index (χ3n) is 3.25. The van der Waals surface area contributed by atoms with Crippen LogP contribution in [0, 0.1) is 17.2 Å². The van der Waals surface area contributed by atoms with E-state index in [1.165, 1.54) is 11.8 Å². The number of carbonyl (C=O) groups is 1. The van der Waals surface area contributed by atoms with Crippen molar-refractivity contribution in [1.29, 1.82) is 5.26 Å². The Balaban J connectivity index is 2.06. The van der Waals surface area contributed by atoms with Gasteiger partial charge in [-0.15, -0.1) is 11.8 Å². The van der Waals surface area contributed by atoms with E-state index in [9.17, 15) is 9.90 Å². The summed E-state index contributed by atoms with van der Waals surface area (Å²) in [5.74, 6) is -0.979. The predicted molar refractivity (Wildman–Crippen MR) is 72.7 cm³/mol. The van der Waals surface area contributed by atoms with Crippen LogP contribution in [0.3, 0.4) is 0 Å². The van der Waals surface area contributed by atoms with E-state index in [-0.39, 0.29) is 22.6 Å². The zero-order valence-corrected chi connectivity index (χ0v) is 10.6. The van der Waals surface area contributed by atoms with Gasteiger partial charge in [0.15, 0.2) is 5.57 Å². The summed E-state index contributed by atoms with van der Waals surface area (Å²) in [7, 11) is 0. The second kappa shape index (κ2) is 4.48. The molecule has 5 heteroatoms. The van der Waals surface area contributed by atoms with Crippen LogP contribution in [0.15, 0.2) is 47.1 Å². The van der Waals surface area contributed by atoms with E-state index in [0.29, 0.717) is 0 Å². The van der Waals surface area contributed by atoms with Gasteiger partial charge in [-0.1, -0.05) is 30.3 Å². The van der Waals surface area contributed by atoms with Gasteiger partial charge in [0, 0.05) is 0 Å². The van der Waals surface area contributed by atoms with Gasteiger partial charge in [-0.3, -0.25) is 4.79 Å². The minimum absolute atomic E-state index is 0.128. The quantitative estimate of drug-likeness (QED) is 0.820. The largest absolute Gasteiger partial charge is 0.510 e. The fourth-order valence-electron chi connectivity index (χ4n) is 2.33. The Bertz CT molecular complexity index is 643. The molecule has 1 amide bonds. The van der Waals surface area contributed by atoms with Crippen LogP contribution >= 0.6 is 11.8 Å². The first-order valence-electron chi connectivity index (χ1n) is 5.77. The highest BCUT2D eigenvalue weighted by molar-refractivity contribution is 8.03. The average molecular weight is 270 g/mol. The molecule has 2 aliphatic heterocycles. The highest BCUT2D eigenvalue weighted by atomic mass is 32.2. The lowest BCUT2D eigenvalue weighted by Gasteiger charge is -2.27. The van der Waals surface area contributed by atoms with Crippen molar-refractivity contribution < 1.29 is 9.90 Å². The van der Waals surface area contributed by atoms with E-state index in [1.54, 1.807) is 6.07 Å². The van der Waals surface area contributed by atoms with Gasteiger partial charge < -0.3 is 10.4 Å². The first-order chi connectivity index (χ1) is 9.22. The molecule has 0 saturated carbocycles. The van der Waals surface area contributed by atoms with E-state index in [2.05, 4.69) is 5.32 Å². The lowest BCUT2D eigenvalue weighted by molar-refractivity contribution is -0.118. The Morgan fingerprint density at radius 3 is 2.74 bits per heavy atom. The molecule has 0 aliphatic carbocycles. The molecule has 2 unspecified atom stereocenters. The molecule has 2 aliphatic rings. The number of carbonyl (C=O) groups excluding carboxylic acids is 1. The van der Waals surface area contributed by atoms with E-state index in [1.807, 2.05) is 35.7 Å². The minimum Gasteiger partial charge on any atom is -0.510 e. The van der Waals surface area contributed by atoms with Crippen LogP contribution in [0.5, 0.6) is 0 Å². The first kappa shape index (κ1) is 11.9. The lowest BCUT2D eigenvalue weighted by Crippen LogP contribution is -2.43. The van der Waals surface area contributed by atoms with E-state index < -0.39 is 5.91 Å². The molecule has 94 valence electrons. The molecule has 0 bridgehead atoms. The smallest absolute Gasteiger partial charge is 0.266 e. The molecule has 2 atom stereocenters. The molecule has 2 heterocycles. The molecular formula is C14H10N2O2S. The number of thioether (sulfide) groups is 1. The maximum absolute atomic E-state index is 11.6. The van der Waals surface area contributed by atoms with Crippen molar-refractivity contribution in [1.82, 2.24) is 5.32 Å².